The molecule has 4 heteroatoms. The van der Waals surface area contributed by atoms with Crippen molar-refractivity contribution in [1.29, 1.82) is 0 Å². The quantitative estimate of drug-likeness (QED) is 0.898. The summed E-state index contributed by atoms with van der Waals surface area (Å²) < 4.78 is 7.09. The maximum atomic E-state index is 6.35. The summed E-state index contributed by atoms with van der Waals surface area (Å²) in [6.07, 6.45) is 1.70. The first kappa shape index (κ1) is 12.6. The molecule has 0 saturated heterocycles. The fraction of sp³-hybridized carbons (Fsp3) is 0.357. The highest BCUT2D eigenvalue weighted by Gasteiger charge is 2.23. The fourth-order valence-electron chi connectivity index (χ4n) is 2.16. The molecule has 4 nitrogen and oxygen atoms in total. The Hall–Kier alpha value is -1.81. The van der Waals surface area contributed by atoms with Gasteiger partial charge in [-0.05, 0) is 5.56 Å². The van der Waals surface area contributed by atoms with E-state index in [9.17, 15) is 0 Å². The number of ether oxygens (including phenoxy) is 1. The molecule has 0 aliphatic heterocycles. The van der Waals surface area contributed by atoms with Gasteiger partial charge in [0.05, 0.1) is 25.0 Å². The molecule has 0 spiro atoms. The highest BCUT2D eigenvalue weighted by Crippen LogP contribution is 2.33. The predicted molar refractivity (Wildman–Crippen MR) is 71.5 cm³/mol. The van der Waals surface area contributed by atoms with Gasteiger partial charge in [0.15, 0.2) is 5.75 Å². The molecule has 0 radical (unpaired) electrons. The normalized spacial score (nSPS) is 14.2. The van der Waals surface area contributed by atoms with Crippen LogP contribution in [0.25, 0.3) is 0 Å². The number of nitrogens with two attached hydrogens (primary N) is 1. The standard InChI is InChI=1S/C14H19N3O/c1-10(11-7-5-4-6-8-11)13(15)14-12(18-3)9-16-17(14)2/h4-10,13H,15H2,1-3H3. The van der Waals surface area contributed by atoms with E-state index < -0.39 is 0 Å². The average molecular weight is 245 g/mol. The third-order valence-corrected chi connectivity index (χ3v) is 3.35. The van der Waals surface area contributed by atoms with Crippen LogP contribution >= 0.6 is 0 Å². The Morgan fingerprint density at radius 1 is 1.28 bits per heavy atom. The Labute approximate surface area is 107 Å². The molecule has 0 bridgehead atoms. The molecular weight excluding hydrogens is 226 g/mol. The van der Waals surface area contributed by atoms with Crippen LogP contribution < -0.4 is 10.5 Å². The van der Waals surface area contributed by atoms with E-state index in [-0.39, 0.29) is 12.0 Å². The Balaban J connectivity index is 2.31. The van der Waals surface area contributed by atoms with Gasteiger partial charge in [-0.1, -0.05) is 37.3 Å². The fourth-order valence-corrected chi connectivity index (χ4v) is 2.16. The highest BCUT2D eigenvalue weighted by molar-refractivity contribution is 5.32. The molecule has 1 aromatic heterocycles. The SMILES string of the molecule is COc1cnn(C)c1C(N)C(C)c1ccccc1. The number of hydrogen-bond acceptors (Lipinski definition) is 3. The van der Waals surface area contributed by atoms with Crippen molar-refractivity contribution in [2.45, 2.75) is 18.9 Å². The summed E-state index contributed by atoms with van der Waals surface area (Å²) in [5, 5.41) is 4.20. The average Bonchev–Trinajstić information content (AvgIpc) is 2.79. The van der Waals surface area contributed by atoms with E-state index in [1.807, 2.05) is 25.2 Å². The molecule has 2 unspecified atom stereocenters. The van der Waals surface area contributed by atoms with E-state index in [2.05, 4.69) is 24.2 Å². The second-order valence-electron chi connectivity index (χ2n) is 4.45. The van der Waals surface area contributed by atoms with E-state index >= 15 is 0 Å². The first-order chi connectivity index (χ1) is 8.65. The largest absolute Gasteiger partial charge is 0.493 e. The monoisotopic (exact) mass is 245 g/mol. The third-order valence-electron chi connectivity index (χ3n) is 3.35. The van der Waals surface area contributed by atoms with Gasteiger partial charge in [-0.15, -0.1) is 0 Å². The number of rotatable bonds is 4. The lowest BCUT2D eigenvalue weighted by Gasteiger charge is -2.21. The van der Waals surface area contributed by atoms with Gasteiger partial charge in [-0.3, -0.25) is 4.68 Å². The molecule has 0 aliphatic rings. The molecule has 2 N–H and O–H groups in total. The van der Waals surface area contributed by atoms with Gasteiger partial charge < -0.3 is 10.5 Å². The van der Waals surface area contributed by atoms with E-state index in [0.717, 1.165) is 11.4 Å². The summed E-state index contributed by atoms with van der Waals surface area (Å²) in [7, 11) is 3.52. The zero-order valence-electron chi connectivity index (χ0n) is 11.0. The van der Waals surface area contributed by atoms with E-state index in [4.69, 9.17) is 10.5 Å². The van der Waals surface area contributed by atoms with Gasteiger partial charge in [0, 0.05) is 13.0 Å². The number of nitrogens with zero attached hydrogens (tertiary/aromatic N) is 2. The van der Waals surface area contributed by atoms with E-state index in [1.165, 1.54) is 5.56 Å². The minimum atomic E-state index is -0.144. The lowest BCUT2D eigenvalue weighted by Crippen LogP contribution is -2.21. The summed E-state index contributed by atoms with van der Waals surface area (Å²) in [6.45, 7) is 2.12. The van der Waals surface area contributed by atoms with Gasteiger partial charge >= 0.3 is 0 Å². The molecule has 0 amide bonds. The third kappa shape index (κ3) is 2.24. The molecule has 0 aliphatic carbocycles. The molecule has 18 heavy (non-hydrogen) atoms. The maximum Gasteiger partial charge on any atom is 0.161 e. The van der Waals surface area contributed by atoms with Crippen molar-refractivity contribution in [3.63, 3.8) is 0 Å². The molecule has 2 aromatic rings. The van der Waals surface area contributed by atoms with Crippen molar-refractivity contribution in [3.8, 4) is 5.75 Å². The Morgan fingerprint density at radius 2 is 1.94 bits per heavy atom. The van der Waals surface area contributed by atoms with Gasteiger partial charge in [0.25, 0.3) is 0 Å². The van der Waals surface area contributed by atoms with Crippen LogP contribution in [0.4, 0.5) is 0 Å². The van der Waals surface area contributed by atoms with Crippen LogP contribution in [0.15, 0.2) is 36.5 Å². The van der Waals surface area contributed by atoms with Crippen LogP contribution in [0.5, 0.6) is 5.75 Å². The number of benzene rings is 1. The first-order valence-corrected chi connectivity index (χ1v) is 6.01. The Morgan fingerprint density at radius 3 is 2.56 bits per heavy atom. The van der Waals surface area contributed by atoms with Gasteiger partial charge in [0.1, 0.15) is 0 Å². The summed E-state index contributed by atoms with van der Waals surface area (Å²) >= 11 is 0. The van der Waals surface area contributed by atoms with Crippen LogP contribution in [-0.2, 0) is 7.05 Å². The zero-order chi connectivity index (χ0) is 13.1. The Bertz CT molecular complexity index is 507. The topological polar surface area (TPSA) is 53.1 Å². The van der Waals surface area contributed by atoms with Crippen molar-refractivity contribution in [2.75, 3.05) is 7.11 Å². The van der Waals surface area contributed by atoms with Crippen molar-refractivity contribution in [1.82, 2.24) is 9.78 Å². The van der Waals surface area contributed by atoms with Crippen molar-refractivity contribution < 1.29 is 4.74 Å². The molecule has 1 heterocycles. The second kappa shape index (κ2) is 5.23. The van der Waals surface area contributed by atoms with Crippen LogP contribution in [-0.4, -0.2) is 16.9 Å². The van der Waals surface area contributed by atoms with E-state index in [0.29, 0.717) is 0 Å². The lowest BCUT2D eigenvalue weighted by molar-refractivity contribution is 0.398. The first-order valence-electron chi connectivity index (χ1n) is 6.01. The minimum absolute atomic E-state index is 0.144. The van der Waals surface area contributed by atoms with Crippen molar-refractivity contribution in [3.05, 3.63) is 47.8 Å². The van der Waals surface area contributed by atoms with Crippen LogP contribution in [0, 0.1) is 0 Å². The van der Waals surface area contributed by atoms with Gasteiger partial charge in [0.2, 0.25) is 0 Å². The molecule has 2 rings (SSSR count). The van der Waals surface area contributed by atoms with Gasteiger partial charge in [-0.2, -0.15) is 5.10 Å². The molecule has 96 valence electrons. The van der Waals surface area contributed by atoms with Crippen LogP contribution in [0.3, 0.4) is 0 Å². The molecular formula is C14H19N3O. The molecule has 0 fully saturated rings. The summed E-state index contributed by atoms with van der Waals surface area (Å²) in [5.41, 5.74) is 8.49. The minimum Gasteiger partial charge on any atom is -0.493 e. The molecule has 0 saturated carbocycles. The maximum absolute atomic E-state index is 6.35. The van der Waals surface area contributed by atoms with Crippen molar-refractivity contribution in [2.24, 2.45) is 12.8 Å². The summed E-state index contributed by atoms with van der Waals surface area (Å²) in [5.74, 6) is 0.947. The van der Waals surface area contributed by atoms with Crippen LogP contribution in [0.2, 0.25) is 0 Å². The number of aromatic nitrogens is 2. The molecule has 1 aromatic carbocycles. The highest BCUT2D eigenvalue weighted by atomic mass is 16.5. The second-order valence-corrected chi connectivity index (χ2v) is 4.45. The summed E-state index contributed by atoms with van der Waals surface area (Å²) in [6, 6.07) is 10.1. The zero-order valence-corrected chi connectivity index (χ0v) is 11.0. The van der Waals surface area contributed by atoms with Gasteiger partial charge in [-0.25, -0.2) is 0 Å². The number of methoxy groups -OCH3 is 1. The predicted octanol–water partition coefficient (Wildman–Crippen LogP) is 2.23. The molecule has 2 atom stereocenters. The Kier molecular flexibility index (Phi) is 3.67. The smallest absolute Gasteiger partial charge is 0.161 e. The van der Waals surface area contributed by atoms with E-state index in [1.54, 1.807) is 18.0 Å². The summed E-state index contributed by atoms with van der Waals surface area (Å²) in [4.78, 5) is 0. The lowest BCUT2D eigenvalue weighted by atomic mass is 9.91. The van der Waals surface area contributed by atoms with Crippen LogP contribution in [0.1, 0.15) is 30.1 Å². The number of hydrogen-bond donors (Lipinski definition) is 1. The van der Waals surface area contributed by atoms with Crippen molar-refractivity contribution >= 4 is 0 Å². The number of aryl methyl sites for hydroxylation is 1.